The summed E-state index contributed by atoms with van der Waals surface area (Å²) in [6, 6.07) is 3.92. The maximum absolute atomic E-state index is 11.5. The molecule has 5 heteroatoms. The summed E-state index contributed by atoms with van der Waals surface area (Å²) < 4.78 is 6.59. The Morgan fingerprint density at radius 1 is 1.58 bits per heavy atom. The Hall–Kier alpha value is -1.33. The summed E-state index contributed by atoms with van der Waals surface area (Å²) in [7, 11) is 0. The van der Waals surface area contributed by atoms with E-state index < -0.39 is 0 Å². The van der Waals surface area contributed by atoms with Crippen LogP contribution < -0.4 is 15.8 Å². The van der Waals surface area contributed by atoms with Crippen LogP contribution in [-0.2, 0) is 11.2 Å². The molecule has 1 aromatic carbocycles. The van der Waals surface area contributed by atoms with Crippen molar-refractivity contribution in [1.82, 2.24) is 5.32 Å². The van der Waals surface area contributed by atoms with E-state index in [-0.39, 0.29) is 12.5 Å². The maximum atomic E-state index is 11.5. The van der Waals surface area contributed by atoms with Crippen LogP contribution in [-0.4, -0.2) is 25.6 Å². The molecule has 0 aliphatic heterocycles. The van der Waals surface area contributed by atoms with E-state index in [0.717, 1.165) is 21.3 Å². The van der Waals surface area contributed by atoms with Gasteiger partial charge in [-0.05, 0) is 43.1 Å². The summed E-state index contributed by atoms with van der Waals surface area (Å²) in [6.45, 7) is 6.46. The Morgan fingerprint density at radius 3 is 2.95 bits per heavy atom. The fraction of sp³-hybridized carbons (Fsp3) is 0.357. The molecule has 0 atom stereocenters. The van der Waals surface area contributed by atoms with Crippen LogP contribution in [0.15, 0.2) is 29.3 Å². The average Bonchev–Trinajstić information content (AvgIpc) is 2.35. The molecular weight excluding hydrogens is 308 g/mol. The molecule has 0 saturated heterocycles. The molecule has 0 bridgehead atoms. The summed E-state index contributed by atoms with van der Waals surface area (Å²) >= 11 is 3.44. The van der Waals surface area contributed by atoms with Gasteiger partial charge in [0.2, 0.25) is 0 Å². The molecule has 0 aliphatic carbocycles. The number of halogens is 1. The van der Waals surface area contributed by atoms with Crippen molar-refractivity contribution in [3.05, 3.63) is 40.4 Å². The van der Waals surface area contributed by atoms with Crippen LogP contribution in [0.5, 0.6) is 5.75 Å². The van der Waals surface area contributed by atoms with Gasteiger partial charge in [0.1, 0.15) is 5.75 Å². The molecule has 0 saturated carbocycles. The van der Waals surface area contributed by atoms with Gasteiger partial charge in [0.15, 0.2) is 6.61 Å². The number of carbonyl (C=O) groups is 1. The second kappa shape index (κ2) is 7.96. The van der Waals surface area contributed by atoms with E-state index >= 15 is 0 Å². The highest BCUT2D eigenvalue weighted by Crippen LogP contribution is 2.28. The molecule has 0 unspecified atom stereocenters. The van der Waals surface area contributed by atoms with Crippen molar-refractivity contribution in [1.29, 1.82) is 0 Å². The summed E-state index contributed by atoms with van der Waals surface area (Å²) in [5, 5.41) is 2.67. The smallest absolute Gasteiger partial charge is 0.258 e. The molecular formula is C14H19BrN2O2. The molecule has 1 amide bonds. The summed E-state index contributed by atoms with van der Waals surface area (Å²) in [5.74, 6) is 0.573. The second-order valence-electron chi connectivity index (χ2n) is 4.13. The Bertz CT molecular complexity index is 461. The second-order valence-corrected chi connectivity index (χ2v) is 5.05. The molecule has 104 valence electrons. The Balaban J connectivity index is 2.76. The minimum Gasteiger partial charge on any atom is -0.483 e. The molecule has 0 radical (unpaired) electrons. The minimum atomic E-state index is -0.166. The first-order valence-corrected chi connectivity index (χ1v) is 6.87. The van der Waals surface area contributed by atoms with E-state index in [2.05, 4.69) is 27.8 Å². The van der Waals surface area contributed by atoms with Crippen LogP contribution in [0.4, 0.5) is 0 Å². The van der Waals surface area contributed by atoms with Crippen LogP contribution in [0.2, 0.25) is 0 Å². The first-order chi connectivity index (χ1) is 9.08. The van der Waals surface area contributed by atoms with Gasteiger partial charge in [-0.15, -0.1) is 6.58 Å². The Kier molecular flexibility index (Phi) is 6.59. The number of amides is 1. The van der Waals surface area contributed by atoms with Gasteiger partial charge in [0, 0.05) is 11.0 Å². The van der Waals surface area contributed by atoms with Gasteiger partial charge in [-0.1, -0.05) is 22.0 Å². The summed E-state index contributed by atoms with van der Waals surface area (Å²) in [6.07, 6.45) is 2.34. The van der Waals surface area contributed by atoms with Gasteiger partial charge < -0.3 is 15.8 Å². The Labute approximate surface area is 122 Å². The SMILES string of the molecule is C=CCNC(=O)COc1c(C)cc(Br)cc1CCN. The van der Waals surface area contributed by atoms with Crippen molar-refractivity contribution in [3.8, 4) is 5.75 Å². The Morgan fingerprint density at radius 2 is 2.32 bits per heavy atom. The van der Waals surface area contributed by atoms with Crippen molar-refractivity contribution < 1.29 is 9.53 Å². The van der Waals surface area contributed by atoms with Crippen LogP contribution >= 0.6 is 15.9 Å². The van der Waals surface area contributed by atoms with Crippen molar-refractivity contribution in [2.75, 3.05) is 19.7 Å². The molecule has 1 rings (SSSR count). The third-order valence-corrected chi connectivity index (χ3v) is 2.98. The first kappa shape index (κ1) is 15.7. The number of nitrogens with one attached hydrogen (secondary N) is 1. The number of rotatable bonds is 7. The van der Waals surface area contributed by atoms with Crippen LogP contribution in [0.1, 0.15) is 11.1 Å². The molecule has 0 aromatic heterocycles. The zero-order valence-corrected chi connectivity index (χ0v) is 12.6. The lowest BCUT2D eigenvalue weighted by atomic mass is 10.1. The quantitative estimate of drug-likeness (QED) is 0.752. The summed E-state index contributed by atoms with van der Waals surface area (Å²) in [5.41, 5.74) is 7.58. The number of nitrogens with two attached hydrogens (primary N) is 1. The third-order valence-electron chi connectivity index (χ3n) is 2.52. The third kappa shape index (κ3) is 5.04. The highest BCUT2D eigenvalue weighted by atomic mass is 79.9. The zero-order valence-electron chi connectivity index (χ0n) is 11.0. The number of benzene rings is 1. The van der Waals surface area contributed by atoms with Crippen molar-refractivity contribution in [2.45, 2.75) is 13.3 Å². The van der Waals surface area contributed by atoms with Gasteiger partial charge >= 0.3 is 0 Å². The largest absolute Gasteiger partial charge is 0.483 e. The van der Waals surface area contributed by atoms with Gasteiger partial charge in [0.25, 0.3) is 5.91 Å². The van der Waals surface area contributed by atoms with Crippen molar-refractivity contribution in [2.24, 2.45) is 5.73 Å². The standard InChI is InChI=1S/C14H19BrN2O2/c1-3-6-17-13(18)9-19-14-10(2)7-12(15)8-11(14)4-5-16/h3,7-8H,1,4-6,9,16H2,2H3,(H,17,18). The highest BCUT2D eigenvalue weighted by molar-refractivity contribution is 9.10. The number of aryl methyl sites for hydroxylation is 1. The highest BCUT2D eigenvalue weighted by Gasteiger charge is 2.10. The summed E-state index contributed by atoms with van der Waals surface area (Å²) in [4.78, 5) is 11.5. The van der Waals surface area contributed by atoms with E-state index in [1.54, 1.807) is 6.08 Å². The number of carbonyl (C=O) groups excluding carboxylic acids is 1. The maximum Gasteiger partial charge on any atom is 0.258 e. The van der Waals surface area contributed by atoms with E-state index in [0.29, 0.717) is 19.5 Å². The minimum absolute atomic E-state index is 0.00607. The number of hydrogen-bond donors (Lipinski definition) is 2. The van der Waals surface area contributed by atoms with E-state index in [4.69, 9.17) is 10.5 Å². The zero-order chi connectivity index (χ0) is 14.3. The number of ether oxygens (including phenoxy) is 1. The van der Waals surface area contributed by atoms with Gasteiger partial charge in [-0.25, -0.2) is 0 Å². The van der Waals surface area contributed by atoms with Gasteiger partial charge in [-0.3, -0.25) is 4.79 Å². The van der Waals surface area contributed by atoms with Crippen LogP contribution in [0, 0.1) is 6.92 Å². The molecule has 0 aliphatic rings. The van der Waals surface area contributed by atoms with Crippen molar-refractivity contribution in [3.63, 3.8) is 0 Å². The van der Waals surface area contributed by atoms with Crippen LogP contribution in [0.3, 0.4) is 0 Å². The molecule has 0 spiro atoms. The molecule has 19 heavy (non-hydrogen) atoms. The van der Waals surface area contributed by atoms with E-state index in [1.165, 1.54) is 0 Å². The lowest BCUT2D eigenvalue weighted by Crippen LogP contribution is -2.29. The fourth-order valence-corrected chi connectivity index (χ4v) is 2.34. The predicted molar refractivity (Wildman–Crippen MR) is 80.3 cm³/mol. The predicted octanol–water partition coefficient (Wildman–Crippen LogP) is 1.94. The number of hydrogen-bond acceptors (Lipinski definition) is 3. The molecule has 3 N–H and O–H groups in total. The molecule has 1 aromatic rings. The fourth-order valence-electron chi connectivity index (χ4n) is 1.72. The van der Waals surface area contributed by atoms with E-state index in [1.807, 2.05) is 19.1 Å². The molecule has 4 nitrogen and oxygen atoms in total. The lowest BCUT2D eigenvalue weighted by molar-refractivity contribution is -0.122. The first-order valence-electron chi connectivity index (χ1n) is 6.08. The average molecular weight is 327 g/mol. The lowest BCUT2D eigenvalue weighted by Gasteiger charge is -2.14. The topological polar surface area (TPSA) is 64.3 Å². The monoisotopic (exact) mass is 326 g/mol. The molecule has 0 heterocycles. The van der Waals surface area contributed by atoms with E-state index in [9.17, 15) is 4.79 Å². The van der Waals surface area contributed by atoms with Crippen molar-refractivity contribution >= 4 is 21.8 Å². The van der Waals surface area contributed by atoms with Gasteiger partial charge in [-0.2, -0.15) is 0 Å². The normalized spacial score (nSPS) is 10.1. The van der Waals surface area contributed by atoms with Gasteiger partial charge in [0.05, 0.1) is 0 Å². The molecule has 0 fully saturated rings. The van der Waals surface area contributed by atoms with Crippen LogP contribution in [0.25, 0.3) is 0 Å².